The van der Waals surface area contributed by atoms with Gasteiger partial charge in [0.25, 0.3) is 5.91 Å². The Hall–Kier alpha value is -3.67. The van der Waals surface area contributed by atoms with Crippen molar-refractivity contribution >= 4 is 22.8 Å². The van der Waals surface area contributed by atoms with Gasteiger partial charge in [0.05, 0.1) is 10.9 Å². The van der Waals surface area contributed by atoms with E-state index in [0.717, 1.165) is 5.56 Å². The maximum Gasteiger partial charge on any atom is 0.255 e. The van der Waals surface area contributed by atoms with Crippen molar-refractivity contribution < 1.29 is 14.0 Å². The molecule has 2 amide bonds. The average Bonchev–Trinajstić information content (AvgIpc) is 2.74. The lowest BCUT2D eigenvalue weighted by molar-refractivity contribution is -0.117. The van der Waals surface area contributed by atoms with Gasteiger partial charge in [0.1, 0.15) is 5.76 Å². The van der Waals surface area contributed by atoms with Crippen LogP contribution < -0.4 is 16.1 Å². The van der Waals surface area contributed by atoms with E-state index in [-0.39, 0.29) is 34.9 Å². The third kappa shape index (κ3) is 3.64. The SMILES string of the molecule is C=CC(=O)NC1CC(NC(=O)c2cccc3c(=O)c(C)c(-c4ccccc4)oc23)C1. The highest BCUT2D eigenvalue weighted by molar-refractivity contribution is 6.05. The van der Waals surface area contributed by atoms with E-state index in [1.54, 1.807) is 25.1 Å². The standard InChI is InChI=1S/C24H22N2O4/c1-3-20(27)25-16-12-17(13-16)26-24(29)19-11-7-10-18-21(28)14(2)22(30-23(18)19)15-8-5-4-6-9-15/h3-11,16-17H,1,12-13H2,2H3,(H,25,27)(H,26,29). The van der Waals surface area contributed by atoms with Crippen molar-refractivity contribution in [3.8, 4) is 11.3 Å². The molecular weight excluding hydrogens is 380 g/mol. The number of nitrogens with one attached hydrogen (secondary N) is 2. The topological polar surface area (TPSA) is 88.4 Å². The molecule has 6 heteroatoms. The number of fused-ring (bicyclic) bond motifs is 1. The molecule has 0 spiro atoms. The Morgan fingerprint density at radius 3 is 2.43 bits per heavy atom. The van der Waals surface area contributed by atoms with Gasteiger partial charge in [-0.05, 0) is 38.0 Å². The molecule has 1 fully saturated rings. The minimum atomic E-state index is -0.301. The molecule has 1 aromatic heterocycles. The molecular formula is C24H22N2O4. The number of para-hydroxylation sites is 1. The second-order valence-corrected chi connectivity index (χ2v) is 7.49. The van der Waals surface area contributed by atoms with Crippen LogP contribution in [0.2, 0.25) is 0 Å². The summed E-state index contributed by atoms with van der Waals surface area (Å²) in [6.45, 7) is 5.16. The van der Waals surface area contributed by atoms with Gasteiger partial charge in [-0.15, -0.1) is 0 Å². The summed E-state index contributed by atoms with van der Waals surface area (Å²) in [4.78, 5) is 37.2. The molecule has 1 aliphatic carbocycles. The van der Waals surface area contributed by atoms with Gasteiger partial charge in [0.2, 0.25) is 5.91 Å². The lowest BCUT2D eigenvalue weighted by Gasteiger charge is -2.36. The summed E-state index contributed by atoms with van der Waals surface area (Å²) in [6, 6.07) is 14.4. The van der Waals surface area contributed by atoms with E-state index in [2.05, 4.69) is 17.2 Å². The van der Waals surface area contributed by atoms with Crippen LogP contribution in [-0.4, -0.2) is 23.9 Å². The van der Waals surface area contributed by atoms with Crippen LogP contribution in [-0.2, 0) is 4.79 Å². The normalized spacial score (nSPS) is 17.8. The van der Waals surface area contributed by atoms with Gasteiger partial charge in [0, 0.05) is 23.2 Å². The van der Waals surface area contributed by atoms with E-state index in [1.807, 2.05) is 30.3 Å². The summed E-state index contributed by atoms with van der Waals surface area (Å²) < 4.78 is 6.10. The van der Waals surface area contributed by atoms with Crippen LogP contribution >= 0.6 is 0 Å². The van der Waals surface area contributed by atoms with Crippen LogP contribution in [0.15, 0.2) is 70.4 Å². The molecule has 0 saturated heterocycles. The lowest BCUT2D eigenvalue weighted by atomic mass is 9.86. The molecule has 1 saturated carbocycles. The molecule has 2 aromatic carbocycles. The third-order valence-corrected chi connectivity index (χ3v) is 5.43. The first-order chi connectivity index (χ1) is 14.5. The van der Waals surface area contributed by atoms with Crippen LogP contribution in [0.4, 0.5) is 0 Å². The molecule has 3 aromatic rings. The Bertz CT molecular complexity index is 1190. The van der Waals surface area contributed by atoms with Crippen molar-refractivity contribution in [2.24, 2.45) is 0 Å². The van der Waals surface area contributed by atoms with E-state index in [0.29, 0.717) is 35.1 Å². The molecule has 30 heavy (non-hydrogen) atoms. The second-order valence-electron chi connectivity index (χ2n) is 7.49. The minimum Gasteiger partial charge on any atom is -0.455 e. The number of hydrogen-bond acceptors (Lipinski definition) is 4. The monoisotopic (exact) mass is 402 g/mol. The van der Waals surface area contributed by atoms with Gasteiger partial charge < -0.3 is 15.1 Å². The number of carbonyl (C=O) groups is 2. The molecule has 6 nitrogen and oxygen atoms in total. The predicted octanol–water partition coefficient (Wildman–Crippen LogP) is 3.33. The van der Waals surface area contributed by atoms with Gasteiger partial charge in [0.15, 0.2) is 11.0 Å². The highest BCUT2D eigenvalue weighted by Crippen LogP contribution is 2.28. The molecule has 0 atom stereocenters. The molecule has 1 aliphatic rings. The Labute approximate surface area is 173 Å². The first-order valence-electron chi connectivity index (χ1n) is 9.83. The number of benzene rings is 2. The Balaban J connectivity index is 1.63. The molecule has 0 unspecified atom stereocenters. The Morgan fingerprint density at radius 2 is 1.73 bits per heavy atom. The van der Waals surface area contributed by atoms with E-state index in [1.165, 1.54) is 6.08 Å². The molecule has 0 aliphatic heterocycles. The van der Waals surface area contributed by atoms with Gasteiger partial charge in [-0.3, -0.25) is 14.4 Å². The van der Waals surface area contributed by atoms with Crippen molar-refractivity contribution in [3.05, 3.63) is 82.5 Å². The summed E-state index contributed by atoms with van der Waals surface area (Å²) in [6.07, 6.45) is 2.53. The van der Waals surface area contributed by atoms with Crippen LogP contribution in [0.3, 0.4) is 0 Å². The van der Waals surface area contributed by atoms with Crippen molar-refractivity contribution in [2.75, 3.05) is 0 Å². The summed E-state index contributed by atoms with van der Waals surface area (Å²) in [5.74, 6) is -0.0567. The molecule has 4 rings (SSSR count). The van der Waals surface area contributed by atoms with Gasteiger partial charge >= 0.3 is 0 Å². The quantitative estimate of drug-likeness (QED) is 0.641. The minimum absolute atomic E-state index is 0.0265. The number of amides is 2. The molecule has 0 bridgehead atoms. The third-order valence-electron chi connectivity index (χ3n) is 5.43. The van der Waals surface area contributed by atoms with Gasteiger partial charge in [-0.1, -0.05) is 43.0 Å². The fraction of sp³-hybridized carbons (Fsp3) is 0.208. The smallest absolute Gasteiger partial charge is 0.255 e. The van der Waals surface area contributed by atoms with E-state index in [9.17, 15) is 14.4 Å². The largest absolute Gasteiger partial charge is 0.455 e. The lowest BCUT2D eigenvalue weighted by Crippen LogP contribution is -2.53. The fourth-order valence-electron chi connectivity index (χ4n) is 3.73. The molecule has 152 valence electrons. The van der Waals surface area contributed by atoms with Crippen molar-refractivity contribution in [3.63, 3.8) is 0 Å². The molecule has 1 heterocycles. The average molecular weight is 402 g/mol. The number of rotatable bonds is 5. The highest BCUT2D eigenvalue weighted by atomic mass is 16.3. The molecule has 2 N–H and O–H groups in total. The van der Waals surface area contributed by atoms with E-state index < -0.39 is 0 Å². The van der Waals surface area contributed by atoms with Crippen molar-refractivity contribution in [2.45, 2.75) is 31.8 Å². The molecule has 0 radical (unpaired) electrons. The summed E-state index contributed by atoms with van der Waals surface area (Å²) in [7, 11) is 0. The Morgan fingerprint density at radius 1 is 1.03 bits per heavy atom. The zero-order chi connectivity index (χ0) is 21.3. The predicted molar refractivity (Wildman–Crippen MR) is 115 cm³/mol. The van der Waals surface area contributed by atoms with Crippen LogP contribution in [0, 0.1) is 6.92 Å². The number of hydrogen-bond donors (Lipinski definition) is 2. The first kappa shape index (κ1) is 19.6. The van der Waals surface area contributed by atoms with E-state index >= 15 is 0 Å². The van der Waals surface area contributed by atoms with Crippen molar-refractivity contribution in [1.29, 1.82) is 0 Å². The second kappa shape index (κ2) is 7.99. The Kier molecular flexibility index (Phi) is 5.23. The van der Waals surface area contributed by atoms with Crippen LogP contribution in [0.25, 0.3) is 22.3 Å². The van der Waals surface area contributed by atoms with Crippen LogP contribution in [0.1, 0.15) is 28.8 Å². The fourth-order valence-corrected chi connectivity index (χ4v) is 3.73. The zero-order valence-electron chi connectivity index (χ0n) is 16.6. The van der Waals surface area contributed by atoms with Gasteiger partial charge in [-0.25, -0.2) is 0 Å². The summed E-state index contributed by atoms with van der Waals surface area (Å²) >= 11 is 0. The summed E-state index contributed by atoms with van der Waals surface area (Å²) in [5.41, 5.74) is 1.73. The highest BCUT2D eigenvalue weighted by Gasteiger charge is 2.31. The van der Waals surface area contributed by atoms with E-state index in [4.69, 9.17) is 4.42 Å². The summed E-state index contributed by atoms with van der Waals surface area (Å²) in [5, 5.41) is 6.15. The maximum atomic E-state index is 12.9. The zero-order valence-corrected chi connectivity index (χ0v) is 16.6. The maximum absolute atomic E-state index is 12.9. The van der Waals surface area contributed by atoms with Crippen molar-refractivity contribution in [1.82, 2.24) is 10.6 Å². The first-order valence-corrected chi connectivity index (χ1v) is 9.83. The number of carbonyl (C=O) groups excluding carboxylic acids is 2. The van der Waals surface area contributed by atoms with Gasteiger partial charge in [-0.2, -0.15) is 0 Å². The van der Waals surface area contributed by atoms with Crippen LogP contribution in [0.5, 0.6) is 0 Å².